The minimum atomic E-state index is -3.41. The molecule has 0 amide bonds. The van der Waals surface area contributed by atoms with Crippen LogP contribution >= 0.6 is 0 Å². The Labute approximate surface area is 176 Å². The van der Waals surface area contributed by atoms with Gasteiger partial charge in [-0.3, -0.25) is 0 Å². The van der Waals surface area contributed by atoms with E-state index in [0.29, 0.717) is 12.0 Å². The Bertz CT molecular complexity index is 1220. The second kappa shape index (κ2) is 8.09. The molecule has 1 aliphatic heterocycles. The summed E-state index contributed by atoms with van der Waals surface area (Å²) in [6.07, 6.45) is -1.01. The molecule has 3 heterocycles. The van der Waals surface area contributed by atoms with Gasteiger partial charge in [0.15, 0.2) is 5.82 Å². The van der Waals surface area contributed by atoms with Crippen LogP contribution in [0.1, 0.15) is 18.4 Å². The molecule has 2 aromatic heterocycles. The molecular weight excluding hydrogens is 435 g/mol. The summed E-state index contributed by atoms with van der Waals surface area (Å²) in [4.78, 5) is 4.07. The predicted octanol–water partition coefficient (Wildman–Crippen LogP) is 2.28. The van der Waals surface area contributed by atoms with Crippen LogP contribution in [0, 0.1) is 5.82 Å². The molecule has 0 bridgehead atoms. The molecule has 2 N–H and O–H groups in total. The van der Waals surface area contributed by atoms with Crippen molar-refractivity contribution in [2.45, 2.75) is 25.0 Å². The fourth-order valence-corrected chi connectivity index (χ4v) is 4.46. The van der Waals surface area contributed by atoms with E-state index in [-0.39, 0.29) is 35.8 Å². The van der Waals surface area contributed by atoms with Gasteiger partial charge in [0, 0.05) is 30.3 Å². The molecule has 0 spiro atoms. The molecule has 0 radical (unpaired) electrons. The van der Waals surface area contributed by atoms with Gasteiger partial charge >= 0.3 is 0 Å². The highest BCUT2D eigenvalue weighted by Gasteiger charge is 2.32. The molecule has 0 saturated carbocycles. The summed E-state index contributed by atoms with van der Waals surface area (Å²) in [5.74, 6) is -0.517. The minimum absolute atomic E-state index is 0.0652. The van der Waals surface area contributed by atoms with Gasteiger partial charge in [0.2, 0.25) is 16.0 Å². The van der Waals surface area contributed by atoms with E-state index in [9.17, 15) is 26.7 Å². The molecule has 2 atom stereocenters. The molecule has 8 nitrogen and oxygen atoms in total. The molecule has 12 heteroatoms. The number of hydrogen-bond acceptors (Lipinski definition) is 6. The highest BCUT2D eigenvalue weighted by Crippen LogP contribution is 2.28. The zero-order chi connectivity index (χ0) is 22.3. The van der Waals surface area contributed by atoms with E-state index in [4.69, 9.17) is 0 Å². The Morgan fingerprint density at radius 3 is 2.74 bits per heavy atom. The molecule has 1 saturated heterocycles. The van der Waals surface area contributed by atoms with Crippen molar-refractivity contribution in [1.82, 2.24) is 18.9 Å². The summed E-state index contributed by atoms with van der Waals surface area (Å²) in [5.41, 5.74) is 0.507. The maximum atomic E-state index is 14.4. The third-order valence-corrected chi connectivity index (χ3v) is 6.50. The number of nitrogens with zero attached hydrogens (tertiary/aromatic N) is 4. The Kier molecular flexibility index (Phi) is 5.62. The van der Waals surface area contributed by atoms with Crippen molar-refractivity contribution in [3.63, 3.8) is 0 Å². The predicted molar refractivity (Wildman–Crippen MR) is 108 cm³/mol. The lowest BCUT2D eigenvalue weighted by Gasteiger charge is -2.34. The summed E-state index contributed by atoms with van der Waals surface area (Å²) in [5, 5.41) is 17.6. The molecule has 166 valence electrons. The third-order valence-electron chi connectivity index (χ3n) is 5.23. The number of sulfonamides is 1. The summed E-state index contributed by atoms with van der Waals surface area (Å²) < 4.78 is 66.3. The Morgan fingerprint density at radius 2 is 2.06 bits per heavy atom. The van der Waals surface area contributed by atoms with E-state index in [0.717, 1.165) is 6.26 Å². The van der Waals surface area contributed by atoms with Crippen molar-refractivity contribution in [3.05, 3.63) is 47.9 Å². The van der Waals surface area contributed by atoms with E-state index < -0.39 is 34.4 Å². The fraction of sp³-hybridized carbons (Fsp3) is 0.368. The molecule has 4 rings (SSSR count). The van der Waals surface area contributed by atoms with Gasteiger partial charge in [0.1, 0.15) is 5.52 Å². The summed E-state index contributed by atoms with van der Waals surface area (Å²) >= 11 is 0. The third kappa shape index (κ3) is 4.36. The first-order valence-electron chi connectivity index (χ1n) is 9.46. The van der Waals surface area contributed by atoms with Crippen molar-refractivity contribution in [2.24, 2.45) is 0 Å². The normalized spacial score (nSPS) is 20.5. The maximum Gasteiger partial charge on any atom is 0.263 e. The number of alkyl halides is 2. The van der Waals surface area contributed by atoms with Gasteiger partial charge in [-0.05, 0) is 12.5 Å². The lowest BCUT2D eigenvalue weighted by atomic mass is 10.0. The number of aliphatic hydroxyl groups excluding tert-OH is 1. The van der Waals surface area contributed by atoms with Crippen LogP contribution in [0.2, 0.25) is 0 Å². The van der Waals surface area contributed by atoms with Crippen molar-refractivity contribution in [1.29, 1.82) is 0 Å². The molecular formula is C19H20F3N5O3S. The molecule has 1 aliphatic rings. The van der Waals surface area contributed by atoms with Crippen LogP contribution < -0.4 is 5.32 Å². The fourth-order valence-electron chi connectivity index (χ4n) is 3.60. The van der Waals surface area contributed by atoms with Gasteiger partial charge in [-0.25, -0.2) is 31.1 Å². The SMILES string of the molecule is CS(=O)(=O)N1CC[C@@H](Nc2ncc3c(F)cc(-c4cccc(C(F)F)c4)n3n2)[C@H](O)C1. The van der Waals surface area contributed by atoms with Crippen LogP contribution in [0.3, 0.4) is 0 Å². The lowest BCUT2D eigenvalue weighted by Crippen LogP contribution is -2.51. The average molecular weight is 455 g/mol. The number of piperidine rings is 1. The number of hydrogen-bond donors (Lipinski definition) is 2. The molecule has 1 fully saturated rings. The number of fused-ring (bicyclic) bond motifs is 1. The zero-order valence-electron chi connectivity index (χ0n) is 16.4. The lowest BCUT2D eigenvalue weighted by molar-refractivity contribution is 0.0950. The standard InChI is InChI=1S/C19H20F3N5O3S/c1-31(29,30)26-6-5-14(17(28)10-26)24-19-23-9-16-13(20)8-15(27(16)25-19)11-3-2-4-12(7-11)18(21)22/h2-4,7-9,14,17-18,28H,5-6,10H2,1H3,(H,24,25)/t14-,17-/m1/s1. The minimum Gasteiger partial charge on any atom is -0.390 e. The molecule has 1 aromatic carbocycles. The van der Waals surface area contributed by atoms with E-state index in [1.165, 1.54) is 39.3 Å². The number of aromatic nitrogens is 3. The van der Waals surface area contributed by atoms with Crippen LogP contribution in [0.25, 0.3) is 16.8 Å². The van der Waals surface area contributed by atoms with Crippen LogP contribution in [-0.4, -0.2) is 63.9 Å². The Hall–Kier alpha value is -2.70. The average Bonchev–Trinajstić information content (AvgIpc) is 3.05. The maximum absolute atomic E-state index is 14.4. The number of benzene rings is 1. The monoisotopic (exact) mass is 455 g/mol. The van der Waals surface area contributed by atoms with Crippen molar-refractivity contribution in [2.75, 3.05) is 24.7 Å². The van der Waals surface area contributed by atoms with Gasteiger partial charge in [0.05, 0.1) is 30.3 Å². The van der Waals surface area contributed by atoms with Gasteiger partial charge in [-0.1, -0.05) is 18.2 Å². The van der Waals surface area contributed by atoms with Crippen LogP contribution in [0.5, 0.6) is 0 Å². The first kappa shape index (κ1) is 21.5. The largest absolute Gasteiger partial charge is 0.390 e. The Balaban J connectivity index is 1.63. The second-order valence-electron chi connectivity index (χ2n) is 7.41. The van der Waals surface area contributed by atoms with Crippen molar-refractivity contribution in [3.8, 4) is 11.3 Å². The summed E-state index contributed by atoms with van der Waals surface area (Å²) in [6, 6.07) is 6.27. The molecule has 31 heavy (non-hydrogen) atoms. The molecule has 3 aromatic rings. The Morgan fingerprint density at radius 1 is 1.29 bits per heavy atom. The smallest absolute Gasteiger partial charge is 0.263 e. The summed E-state index contributed by atoms with van der Waals surface area (Å²) in [7, 11) is -3.41. The number of nitrogens with one attached hydrogen (secondary N) is 1. The van der Waals surface area contributed by atoms with Crippen molar-refractivity contribution >= 4 is 21.5 Å². The highest BCUT2D eigenvalue weighted by atomic mass is 32.2. The van der Waals surface area contributed by atoms with Crippen LogP contribution in [-0.2, 0) is 10.0 Å². The van der Waals surface area contributed by atoms with Gasteiger partial charge in [0.25, 0.3) is 6.43 Å². The van der Waals surface area contributed by atoms with Crippen molar-refractivity contribution < 1.29 is 26.7 Å². The van der Waals surface area contributed by atoms with E-state index in [1.54, 1.807) is 6.07 Å². The molecule has 0 unspecified atom stereocenters. The number of anilines is 1. The summed E-state index contributed by atoms with van der Waals surface area (Å²) in [6.45, 7) is 0.155. The highest BCUT2D eigenvalue weighted by molar-refractivity contribution is 7.88. The molecule has 0 aliphatic carbocycles. The quantitative estimate of drug-likeness (QED) is 0.613. The number of rotatable bonds is 5. The van der Waals surface area contributed by atoms with Gasteiger partial charge in [-0.15, -0.1) is 5.10 Å². The van der Waals surface area contributed by atoms with Gasteiger partial charge < -0.3 is 10.4 Å². The number of halogens is 3. The van der Waals surface area contributed by atoms with Gasteiger partial charge in [-0.2, -0.15) is 4.31 Å². The van der Waals surface area contributed by atoms with E-state index in [1.807, 2.05) is 0 Å². The first-order chi connectivity index (χ1) is 14.6. The second-order valence-corrected chi connectivity index (χ2v) is 9.39. The van der Waals surface area contributed by atoms with Crippen LogP contribution in [0.4, 0.5) is 19.1 Å². The number of β-amino-alcohol motifs (C(OH)–C–C–N with tert-alkyl or cyclic N) is 1. The van der Waals surface area contributed by atoms with Crippen LogP contribution in [0.15, 0.2) is 36.5 Å². The van der Waals surface area contributed by atoms with E-state index >= 15 is 0 Å². The first-order valence-corrected chi connectivity index (χ1v) is 11.3. The topological polar surface area (TPSA) is 99.8 Å². The van der Waals surface area contributed by atoms with E-state index in [2.05, 4.69) is 15.4 Å². The zero-order valence-corrected chi connectivity index (χ0v) is 17.2. The number of aliphatic hydroxyl groups is 1.